The van der Waals surface area contributed by atoms with Crippen LogP contribution in [-0.2, 0) is 20.7 Å². The second-order valence-electron chi connectivity index (χ2n) is 5.49. The zero-order valence-corrected chi connectivity index (χ0v) is 12.8. The van der Waals surface area contributed by atoms with E-state index in [0.29, 0.717) is 0 Å². The molecular weight excluding hydrogens is 284 g/mol. The van der Waals surface area contributed by atoms with E-state index in [1.807, 2.05) is 19.1 Å². The van der Waals surface area contributed by atoms with Gasteiger partial charge in [-0.1, -0.05) is 42.0 Å². The fourth-order valence-electron chi connectivity index (χ4n) is 2.76. The standard InChI is InChI=1S/C17H18O3S/c1-13-6-10-16(11-7-13)21(18,19)20-12-15-9-8-14-4-2-3-5-17(14)15/h2-7,10-11,15H,8-9,12H2,1H3. The van der Waals surface area contributed by atoms with Crippen LogP contribution in [0.2, 0.25) is 0 Å². The van der Waals surface area contributed by atoms with Crippen molar-refractivity contribution in [3.05, 3.63) is 65.2 Å². The molecule has 0 bridgehead atoms. The van der Waals surface area contributed by atoms with E-state index in [-0.39, 0.29) is 17.4 Å². The largest absolute Gasteiger partial charge is 0.296 e. The van der Waals surface area contributed by atoms with E-state index in [2.05, 4.69) is 12.1 Å². The van der Waals surface area contributed by atoms with E-state index < -0.39 is 10.1 Å². The van der Waals surface area contributed by atoms with Crippen molar-refractivity contribution in [2.24, 2.45) is 0 Å². The van der Waals surface area contributed by atoms with Crippen LogP contribution in [0.15, 0.2) is 53.4 Å². The van der Waals surface area contributed by atoms with Crippen LogP contribution in [-0.4, -0.2) is 15.0 Å². The van der Waals surface area contributed by atoms with Crippen molar-refractivity contribution in [3.63, 3.8) is 0 Å². The minimum absolute atomic E-state index is 0.168. The third-order valence-corrected chi connectivity index (χ3v) is 5.29. The Labute approximate surface area is 125 Å². The molecular formula is C17H18O3S. The molecule has 1 atom stereocenters. The first-order chi connectivity index (χ1) is 10.1. The van der Waals surface area contributed by atoms with E-state index in [0.717, 1.165) is 18.4 Å². The average Bonchev–Trinajstić information content (AvgIpc) is 2.89. The summed E-state index contributed by atoms with van der Waals surface area (Å²) in [4.78, 5) is 0.222. The molecule has 1 aliphatic rings. The molecule has 0 aliphatic heterocycles. The van der Waals surface area contributed by atoms with Crippen LogP contribution >= 0.6 is 0 Å². The molecule has 21 heavy (non-hydrogen) atoms. The molecule has 4 heteroatoms. The number of benzene rings is 2. The van der Waals surface area contributed by atoms with Crippen molar-refractivity contribution in [2.75, 3.05) is 6.61 Å². The molecule has 2 aromatic carbocycles. The summed E-state index contributed by atoms with van der Waals surface area (Å²) in [6.45, 7) is 2.14. The minimum atomic E-state index is -3.67. The lowest BCUT2D eigenvalue weighted by Crippen LogP contribution is -2.12. The molecule has 3 nitrogen and oxygen atoms in total. The maximum absolute atomic E-state index is 12.2. The highest BCUT2D eigenvalue weighted by atomic mass is 32.2. The molecule has 0 aromatic heterocycles. The van der Waals surface area contributed by atoms with E-state index >= 15 is 0 Å². The van der Waals surface area contributed by atoms with Gasteiger partial charge in [-0.25, -0.2) is 0 Å². The Morgan fingerprint density at radius 2 is 1.81 bits per heavy atom. The molecule has 0 N–H and O–H groups in total. The topological polar surface area (TPSA) is 43.4 Å². The van der Waals surface area contributed by atoms with Crippen molar-refractivity contribution in [3.8, 4) is 0 Å². The molecule has 3 rings (SSSR count). The van der Waals surface area contributed by atoms with Gasteiger partial charge < -0.3 is 0 Å². The van der Waals surface area contributed by atoms with Crippen LogP contribution in [0, 0.1) is 6.92 Å². The summed E-state index contributed by atoms with van der Waals surface area (Å²) in [5.41, 5.74) is 3.55. The molecule has 0 fully saturated rings. The first-order valence-corrected chi connectivity index (χ1v) is 8.51. The third-order valence-electron chi connectivity index (χ3n) is 3.99. The van der Waals surface area contributed by atoms with Gasteiger partial charge in [-0.3, -0.25) is 4.18 Å². The third kappa shape index (κ3) is 3.01. The van der Waals surface area contributed by atoms with Crippen LogP contribution in [0.25, 0.3) is 0 Å². The Hall–Kier alpha value is -1.65. The summed E-state index contributed by atoms with van der Waals surface area (Å²) in [5, 5.41) is 0. The van der Waals surface area contributed by atoms with Crippen LogP contribution in [0.3, 0.4) is 0 Å². The lowest BCUT2D eigenvalue weighted by molar-refractivity contribution is 0.291. The smallest absolute Gasteiger partial charge is 0.266 e. The van der Waals surface area contributed by atoms with Gasteiger partial charge in [0.25, 0.3) is 10.1 Å². The summed E-state index contributed by atoms with van der Waals surface area (Å²) >= 11 is 0. The van der Waals surface area contributed by atoms with Gasteiger partial charge in [0.2, 0.25) is 0 Å². The molecule has 1 aliphatic carbocycles. The highest BCUT2D eigenvalue weighted by Crippen LogP contribution is 2.33. The van der Waals surface area contributed by atoms with Crippen LogP contribution in [0.5, 0.6) is 0 Å². The van der Waals surface area contributed by atoms with Gasteiger partial charge in [0.05, 0.1) is 11.5 Å². The summed E-state index contributed by atoms with van der Waals surface area (Å²) in [7, 11) is -3.67. The summed E-state index contributed by atoms with van der Waals surface area (Å²) in [6.07, 6.45) is 1.94. The molecule has 2 aromatic rings. The normalized spacial score (nSPS) is 17.7. The van der Waals surface area contributed by atoms with Gasteiger partial charge >= 0.3 is 0 Å². The predicted octanol–water partition coefficient (Wildman–Crippen LogP) is 3.43. The average molecular weight is 302 g/mol. The van der Waals surface area contributed by atoms with Crippen molar-refractivity contribution >= 4 is 10.1 Å². The van der Waals surface area contributed by atoms with E-state index in [1.165, 1.54) is 11.1 Å². The van der Waals surface area contributed by atoms with Crippen molar-refractivity contribution < 1.29 is 12.6 Å². The van der Waals surface area contributed by atoms with Gasteiger partial charge in [-0.05, 0) is 43.0 Å². The molecule has 1 unspecified atom stereocenters. The van der Waals surface area contributed by atoms with Gasteiger partial charge in [0, 0.05) is 5.92 Å². The van der Waals surface area contributed by atoms with Crippen LogP contribution in [0.1, 0.15) is 29.0 Å². The lowest BCUT2D eigenvalue weighted by atomic mass is 10.0. The Bertz CT molecular complexity index is 733. The molecule has 0 spiro atoms. The summed E-state index contributed by atoms with van der Waals surface area (Å²) < 4.78 is 29.6. The number of hydrogen-bond donors (Lipinski definition) is 0. The molecule has 0 amide bonds. The fourth-order valence-corrected chi connectivity index (χ4v) is 3.71. The van der Waals surface area contributed by atoms with Crippen LogP contribution in [0.4, 0.5) is 0 Å². The van der Waals surface area contributed by atoms with E-state index in [9.17, 15) is 8.42 Å². The summed E-state index contributed by atoms with van der Waals surface area (Å²) in [6, 6.07) is 14.9. The van der Waals surface area contributed by atoms with Gasteiger partial charge in [-0.15, -0.1) is 0 Å². The first kappa shape index (κ1) is 14.3. The molecule has 110 valence electrons. The Morgan fingerprint density at radius 3 is 2.57 bits per heavy atom. The maximum Gasteiger partial charge on any atom is 0.296 e. The fraction of sp³-hybridized carbons (Fsp3) is 0.294. The summed E-state index contributed by atoms with van der Waals surface area (Å²) in [5.74, 6) is 0.168. The second kappa shape index (κ2) is 5.62. The van der Waals surface area contributed by atoms with Gasteiger partial charge in [0.1, 0.15) is 0 Å². The lowest BCUT2D eigenvalue weighted by Gasteiger charge is -2.12. The quantitative estimate of drug-likeness (QED) is 0.813. The Morgan fingerprint density at radius 1 is 1.10 bits per heavy atom. The zero-order valence-electron chi connectivity index (χ0n) is 12.0. The Kier molecular flexibility index (Phi) is 3.83. The maximum atomic E-state index is 12.2. The van der Waals surface area contributed by atoms with Gasteiger partial charge in [0.15, 0.2) is 0 Å². The zero-order chi connectivity index (χ0) is 14.9. The number of hydrogen-bond acceptors (Lipinski definition) is 3. The highest BCUT2D eigenvalue weighted by molar-refractivity contribution is 7.86. The number of rotatable bonds is 4. The number of fused-ring (bicyclic) bond motifs is 1. The van der Waals surface area contributed by atoms with Crippen molar-refractivity contribution in [1.82, 2.24) is 0 Å². The molecule has 0 heterocycles. The van der Waals surface area contributed by atoms with Crippen molar-refractivity contribution in [2.45, 2.75) is 30.6 Å². The van der Waals surface area contributed by atoms with Crippen molar-refractivity contribution in [1.29, 1.82) is 0 Å². The molecule has 0 saturated carbocycles. The number of aryl methyl sites for hydroxylation is 2. The highest BCUT2D eigenvalue weighted by Gasteiger charge is 2.25. The van der Waals surface area contributed by atoms with E-state index in [1.54, 1.807) is 24.3 Å². The van der Waals surface area contributed by atoms with Crippen LogP contribution < -0.4 is 0 Å². The van der Waals surface area contributed by atoms with E-state index in [4.69, 9.17) is 4.18 Å². The molecule has 0 saturated heterocycles. The predicted molar refractivity (Wildman–Crippen MR) is 81.8 cm³/mol. The van der Waals surface area contributed by atoms with Gasteiger partial charge in [-0.2, -0.15) is 8.42 Å². The molecule has 0 radical (unpaired) electrons. The monoisotopic (exact) mass is 302 g/mol. The SMILES string of the molecule is Cc1ccc(S(=O)(=O)OCC2CCc3ccccc32)cc1. The first-order valence-electron chi connectivity index (χ1n) is 7.10. The Balaban J connectivity index is 1.72. The second-order valence-corrected chi connectivity index (χ2v) is 7.10. The minimum Gasteiger partial charge on any atom is -0.266 e.